The molecule has 3 heterocycles. The Morgan fingerprint density at radius 1 is 0.500 bits per heavy atom. The summed E-state index contributed by atoms with van der Waals surface area (Å²) in [5.74, 6) is 1.45. The number of hydrogen-bond acceptors (Lipinski definition) is 3. The van der Waals surface area contributed by atoms with Gasteiger partial charge in [0.1, 0.15) is 5.82 Å². The van der Waals surface area contributed by atoms with E-state index in [0.717, 1.165) is 55.7 Å². The van der Waals surface area contributed by atoms with Crippen LogP contribution in [0.4, 0.5) is 0 Å². The van der Waals surface area contributed by atoms with Crippen molar-refractivity contribution in [3.05, 3.63) is 158 Å². The van der Waals surface area contributed by atoms with E-state index in [4.69, 9.17) is 4.98 Å². The Kier molecular flexibility index (Phi) is 8.56. The maximum absolute atomic E-state index is 14.7. The zero-order chi connectivity index (χ0) is 41.0. The minimum Gasteiger partial charge on any atom is -0.307 e. The lowest BCUT2D eigenvalue weighted by molar-refractivity contribution is 0.591. The van der Waals surface area contributed by atoms with Gasteiger partial charge in [0.15, 0.2) is 10.9 Å². The van der Waals surface area contributed by atoms with Gasteiger partial charge >= 0.3 is 0 Å². The predicted octanol–water partition coefficient (Wildman–Crippen LogP) is 13.1. The molecule has 58 heavy (non-hydrogen) atoms. The fourth-order valence-corrected chi connectivity index (χ4v) is 8.85. The highest BCUT2D eigenvalue weighted by atomic mass is 16.1. The van der Waals surface area contributed by atoms with Crippen LogP contribution >= 0.6 is 0 Å². The highest BCUT2D eigenvalue weighted by molar-refractivity contribution is 6.09. The average Bonchev–Trinajstić information content (AvgIpc) is 3.58. The number of aromatic nitrogens is 3. The molecule has 5 nitrogen and oxygen atoms in total. The van der Waals surface area contributed by atoms with E-state index in [1.54, 1.807) is 0 Å². The standard InChI is InChI=1S/C53H51N3O2/c1-30(2)37-17-14-18-38(31(3)4)47(37)56-44-20-12-11-19-43(44)54-51(56)33-16-13-15-32(25-33)34-26-41-48-42(27-34)50(58)40-24-22-36(53(8,9)10)29-46(40)55(48)45-28-35(52(5,6)7)21-23-39(45)49(41)57/h11-31H,1-10H3. The number of nitrogens with zero attached hydrogens (tertiary/aromatic N) is 3. The minimum atomic E-state index is -0.133. The molecule has 0 fully saturated rings. The molecule has 5 heteroatoms. The van der Waals surface area contributed by atoms with E-state index in [9.17, 15) is 9.59 Å². The van der Waals surface area contributed by atoms with Crippen molar-refractivity contribution in [2.75, 3.05) is 0 Å². The molecule has 0 aliphatic heterocycles. The molecule has 0 saturated carbocycles. The molecule has 0 unspecified atom stereocenters. The van der Waals surface area contributed by atoms with Gasteiger partial charge in [-0.3, -0.25) is 14.2 Å². The van der Waals surface area contributed by atoms with Gasteiger partial charge in [-0.25, -0.2) is 4.98 Å². The molecule has 0 atom stereocenters. The second kappa shape index (κ2) is 13.2. The third-order valence-corrected chi connectivity index (χ3v) is 12.1. The van der Waals surface area contributed by atoms with Crippen LogP contribution in [0.15, 0.2) is 125 Å². The lowest BCUT2D eigenvalue weighted by atomic mass is 9.85. The van der Waals surface area contributed by atoms with Gasteiger partial charge in [0.25, 0.3) is 0 Å². The number of imidazole rings is 1. The summed E-state index contributed by atoms with van der Waals surface area (Å²) < 4.78 is 4.52. The van der Waals surface area contributed by atoms with Crippen LogP contribution in [-0.2, 0) is 10.8 Å². The summed E-state index contributed by atoms with van der Waals surface area (Å²) in [6.07, 6.45) is 0. The van der Waals surface area contributed by atoms with E-state index in [-0.39, 0.29) is 21.7 Å². The smallest absolute Gasteiger partial charge is 0.197 e. The number of benzene rings is 6. The van der Waals surface area contributed by atoms with Crippen molar-refractivity contribution < 1.29 is 0 Å². The second-order valence-corrected chi connectivity index (χ2v) is 18.8. The first-order chi connectivity index (χ1) is 27.5. The fourth-order valence-electron chi connectivity index (χ4n) is 8.85. The Hall–Kier alpha value is -6.07. The molecule has 3 aromatic heterocycles. The Bertz CT molecular complexity index is 3090. The van der Waals surface area contributed by atoms with Gasteiger partial charge < -0.3 is 4.40 Å². The Morgan fingerprint density at radius 2 is 1.02 bits per heavy atom. The fraction of sp³-hybridized carbons (Fsp3) is 0.264. The molecule has 0 spiro atoms. The first kappa shape index (κ1) is 37.5. The van der Waals surface area contributed by atoms with Crippen molar-refractivity contribution >= 4 is 49.1 Å². The third-order valence-electron chi connectivity index (χ3n) is 12.1. The Labute approximate surface area is 340 Å². The number of fused-ring (bicyclic) bond motifs is 5. The SMILES string of the molecule is CC(C)c1cccc(C(C)C)c1-n1c(-c2cccc(-c3cc4c(=O)c5ccc(C(C)(C)C)cc5n5c6cc(C(C)(C)C)ccc6c(=O)c(c3)c45)c2)nc2ccccc21. The summed E-state index contributed by atoms with van der Waals surface area (Å²) in [5, 5.41) is 2.34. The number of hydrogen-bond donors (Lipinski definition) is 0. The topological polar surface area (TPSA) is 56.4 Å². The van der Waals surface area contributed by atoms with Crippen LogP contribution in [0, 0.1) is 0 Å². The average molecular weight is 762 g/mol. The monoisotopic (exact) mass is 761 g/mol. The molecule has 0 aliphatic rings. The van der Waals surface area contributed by atoms with Gasteiger partial charge in [-0.15, -0.1) is 0 Å². The minimum absolute atomic E-state index is 0.0718. The summed E-state index contributed by atoms with van der Waals surface area (Å²) in [7, 11) is 0. The molecule has 9 rings (SSSR count). The summed E-state index contributed by atoms with van der Waals surface area (Å²) >= 11 is 0. The van der Waals surface area contributed by atoms with Crippen LogP contribution in [0.5, 0.6) is 0 Å². The van der Waals surface area contributed by atoms with Crippen LogP contribution in [0.1, 0.15) is 103 Å². The maximum Gasteiger partial charge on any atom is 0.197 e. The normalized spacial score (nSPS) is 12.8. The first-order valence-electron chi connectivity index (χ1n) is 20.6. The summed E-state index contributed by atoms with van der Waals surface area (Å²) in [6, 6.07) is 39.8. The summed E-state index contributed by atoms with van der Waals surface area (Å²) in [6.45, 7) is 22.1. The van der Waals surface area contributed by atoms with Gasteiger partial charge in [-0.05, 0) is 111 Å². The molecule has 9 aromatic rings. The predicted molar refractivity (Wildman–Crippen MR) is 245 cm³/mol. The van der Waals surface area contributed by atoms with E-state index in [0.29, 0.717) is 38.9 Å². The van der Waals surface area contributed by atoms with Crippen LogP contribution in [-0.4, -0.2) is 14.0 Å². The van der Waals surface area contributed by atoms with Crippen molar-refractivity contribution in [1.82, 2.24) is 14.0 Å². The number of para-hydroxylation sites is 3. The van der Waals surface area contributed by atoms with E-state index in [2.05, 4.69) is 163 Å². The molecule has 290 valence electrons. The van der Waals surface area contributed by atoms with Crippen molar-refractivity contribution in [2.45, 2.75) is 91.9 Å². The molecular formula is C53H51N3O2. The molecule has 0 aliphatic carbocycles. The van der Waals surface area contributed by atoms with Crippen LogP contribution in [0.25, 0.3) is 77.3 Å². The zero-order valence-electron chi connectivity index (χ0n) is 35.3. The van der Waals surface area contributed by atoms with Crippen LogP contribution in [0.2, 0.25) is 0 Å². The molecule has 0 saturated heterocycles. The van der Waals surface area contributed by atoms with E-state index in [1.807, 2.05) is 30.3 Å². The van der Waals surface area contributed by atoms with Gasteiger partial charge in [-0.1, -0.05) is 130 Å². The van der Waals surface area contributed by atoms with Crippen molar-refractivity contribution in [3.63, 3.8) is 0 Å². The highest BCUT2D eigenvalue weighted by Crippen LogP contribution is 2.39. The van der Waals surface area contributed by atoms with Crippen molar-refractivity contribution in [1.29, 1.82) is 0 Å². The maximum atomic E-state index is 14.7. The van der Waals surface area contributed by atoms with E-state index in [1.165, 1.54) is 16.8 Å². The summed E-state index contributed by atoms with van der Waals surface area (Å²) in [5.41, 5.74) is 12.5. The molecule has 6 aromatic carbocycles. The van der Waals surface area contributed by atoms with E-state index < -0.39 is 0 Å². The zero-order valence-corrected chi connectivity index (χ0v) is 35.3. The van der Waals surface area contributed by atoms with Gasteiger partial charge in [0.05, 0.1) is 33.3 Å². The van der Waals surface area contributed by atoms with Crippen LogP contribution in [0.3, 0.4) is 0 Å². The van der Waals surface area contributed by atoms with Crippen LogP contribution < -0.4 is 10.9 Å². The van der Waals surface area contributed by atoms with Gasteiger partial charge in [0, 0.05) is 27.1 Å². The Balaban J connectivity index is 1.35. The van der Waals surface area contributed by atoms with Crippen molar-refractivity contribution in [2.24, 2.45) is 0 Å². The first-order valence-corrected chi connectivity index (χ1v) is 20.6. The Morgan fingerprint density at radius 3 is 1.55 bits per heavy atom. The lowest BCUT2D eigenvalue weighted by Gasteiger charge is -2.23. The molecule has 0 N–H and O–H groups in total. The largest absolute Gasteiger partial charge is 0.307 e. The second-order valence-electron chi connectivity index (χ2n) is 18.8. The lowest BCUT2D eigenvalue weighted by Crippen LogP contribution is -2.17. The molecule has 0 bridgehead atoms. The van der Waals surface area contributed by atoms with Crippen molar-refractivity contribution in [3.8, 4) is 28.2 Å². The molecule has 0 amide bonds. The number of pyridine rings is 2. The van der Waals surface area contributed by atoms with E-state index >= 15 is 0 Å². The summed E-state index contributed by atoms with van der Waals surface area (Å²) in [4.78, 5) is 34.8. The molecule has 0 radical (unpaired) electrons. The van der Waals surface area contributed by atoms with Gasteiger partial charge in [0.2, 0.25) is 0 Å². The highest BCUT2D eigenvalue weighted by Gasteiger charge is 2.25. The molecular weight excluding hydrogens is 711 g/mol. The van der Waals surface area contributed by atoms with Gasteiger partial charge in [-0.2, -0.15) is 0 Å². The quantitative estimate of drug-likeness (QED) is 0.130. The third kappa shape index (κ3) is 5.85. The number of rotatable bonds is 5.